The minimum Gasteiger partial charge on any atom is -0.375 e. The predicted molar refractivity (Wildman–Crippen MR) is 127 cm³/mol. The number of methoxy groups -OCH3 is 2. The van der Waals surface area contributed by atoms with Gasteiger partial charge in [-0.2, -0.15) is 0 Å². The molecular weight excluding hydrogens is 511 g/mol. The highest BCUT2D eigenvalue weighted by Crippen LogP contribution is 2.21. The van der Waals surface area contributed by atoms with Gasteiger partial charge in [0.2, 0.25) is 0 Å². The molecule has 2 rings (SSSR count). The lowest BCUT2D eigenvalue weighted by molar-refractivity contribution is 0.106. The zero-order chi connectivity index (χ0) is 19.8. The Morgan fingerprint density at radius 1 is 1.36 bits per heavy atom. The van der Waals surface area contributed by atoms with Crippen molar-refractivity contribution in [2.75, 3.05) is 34.9 Å². The summed E-state index contributed by atoms with van der Waals surface area (Å²) < 4.78 is 10.9. The molecule has 0 amide bonds. The number of ether oxygens (including phenoxy) is 2. The zero-order valence-corrected chi connectivity index (χ0v) is 20.7. The van der Waals surface area contributed by atoms with Gasteiger partial charge in [-0.1, -0.05) is 23.7 Å². The number of nitrogens with one attached hydrogen (secondary N) is 1. The van der Waals surface area contributed by atoms with Gasteiger partial charge in [-0.05, 0) is 24.6 Å². The smallest absolute Gasteiger partial charge is 0.193 e. The molecule has 6 nitrogen and oxygen atoms in total. The first-order valence-electron chi connectivity index (χ1n) is 8.65. The van der Waals surface area contributed by atoms with Gasteiger partial charge in [0, 0.05) is 45.3 Å². The fraction of sp³-hybridized carbons (Fsp3) is 0.474. The molecule has 2 atom stereocenters. The van der Waals surface area contributed by atoms with Crippen LogP contribution in [0.15, 0.2) is 34.6 Å². The Kier molecular flexibility index (Phi) is 11.3. The molecular formula is C19H28ClIN4O2S. The SMILES string of the molecule is CN=C(NCC(OC)c1cccc(Cl)c1)N(C)Cc1csc(C(C)OC)n1.I. The van der Waals surface area contributed by atoms with Gasteiger partial charge in [0.1, 0.15) is 11.1 Å². The summed E-state index contributed by atoms with van der Waals surface area (Å²) in [6.07, 6.45) is -0.117. The Morgan fingerprint density at radius 2 is 2.11 bits per heavy atom. The van der Waals surface area contributed by atoms with E-state index in [1.165, 1.54) is 0 Å². The number of halogens is 2. The third-order valence-corrected chi connectivity index (χ3v) is 5.48. The van der Waals surface area contributed by atoms with Crippen LogP contribution in [-0.4, -0.2) is 50.7 Å². The van der Waals surface area contributed by atoms with E-state index in [2.05, 4.69) is 20.7 Å². The monoisotopic (exact) mass is 538 g/mol. The molecule has 0 fully saturated rings. The summed E-state index contributed by atoms with van der Waals surface area (Å²) in [6, 6.07) is 7.69. The fourth-order valence-electron chi connectivity index (χ4n) is 2.61. The first-order valence-corrected chi connectivity index (χ1v) is 9.91. The lowest BCUT2D eigenvalue weighted by Gasteiger charge is -2.24. The Hall–Kier alpha value is -0.940. The van der Waals surface area contributed by atoms with Crippen LogP contribution < -0.4 is 5.32 Å². The molecule has 0 saturated carbocycles. The van der Waals surface area contributed by atoms with Crippen LogP contribution in [0.3, 0.4) is 0 Å². The first kappa shape index (κ1) is 25.1. The topological polar surface area (TPSA) is 59.0 Å². The molecule has 9 heteroatoms. The molecule has 1 aromatic heterocycles. The summed E-state index contributed by atoms with van der Waals surface area (Å²) in [5.74, 6) is 0.772. The van der Waals surface area contributed by atoms with Gasteiger partial charge >= 0.3 is 0 Å². The number of rotatable bonds is 8. The molecule has 0 radical (unpaired) electrons. The maximum atomic E-state index is 6.09. The molecule has 0 aliphatic carbocycles. The second-order valence-corrected chi connectivity index (χ2v) is 7.44. The molecule has 2 aromatic rings. The van der Waals surface area contributed by atoms with E-state index in [9.17, 15) is 0 Å². The number of hydrogen-bond acceptors (Lipinski definition) is 5. The van der Waals surface area contributed by atoms with E-state index < -0.39 is 0 Å². The molecule has 0 aliphatic rings. The summed E-state index contributed by atoms with van der Waals surface area (Å²) >= 11 is 7.70. The number of guanidine groups is 1. The van der Waals surface area contributed by atoms with Crippen molar-refractivity contribution < 1.29 is 9.47 Å². The molecule has 1 N–H and O–H groups in total. The molecule has 156 valence electrons. The van der Waals surface area contributed by atoms with Crippen LogP contribution in [0.5, 0.6) is 0 Å². The average molecular weight is 539 g/mol. The van der Waals surface area contributed by atoms with Crippen molar-refractivity contribution >= 4 is 52.9 Å². The van der Waals surface area contributed by atoms with Crippen molar-refractivity contribution in [3.63, 3.8) is 0 Å². The van der Waals surface area contributed by atoms with Crippen molar-refractivity contribution in [2.24, 2.45) is 4.99 Å². The number of hydrogen-bond donors (Lipinski definition) is 1. The van der Waals surface area contributed by atoms with E-state index in [0.717, 1.165) is 22.2 Å². The molecule has 0 spiro atoms. The summed E-state index contributed by atoms with van der Waals surface area (Å²) in [7, 11) is 7.12. The van der Waals surface area contributed by atoms with E-state index in [0.29, 0.717) is 18.1 Å². The van der Waals surface area contributed by atoms with Crippen LogP contribution >= 0.6 is 46.9 Å². The summed E-state index contributed by atoms with van der Waals surface area (Å²) in [6.45, 7) is 3.23. The molecule has 28 heavy (non-hydrogen) atoms. The number of thiazole rings is 1. The number of benzene rings is 1. The standard InChI is InChI=1S/C19H27ClN4O2S.HI/c1-13(25-4)18-23-16(12-27-18)11-24(3)19(21-2)22-10-17(26-5)14-7-6-8-15(20)9-14;/h6-9,12-13,17H,10-11H2,1-5H3,(H,21,22);1H. The fourth-order valence-corrected chi connectivity index (χ4v) is 3.65. The van der Waals surface area contributed by atoms with E-state index in [4.69, 9.17) is 21.1 Å². The van der Waals surface area contributed by atoms with Crippen molar-refractivity contribution in [1.82, 2.24) is 15.2 Å². The van der Waals surface area contributed by atoms with Gasteiger partial charge in [0.25, 0.3) is 0 Å². The molecule has 0 aliphatic heterocycles. The Labute approximate surface area is 193 Å². The Balaban J connectivity index is 0.00000392. The largest absolute Gasteiger partial charge is 0.375 e. The van der Waals surface area contributed by atoms with E-state index >= 15 is 0 Å². The average Bonchev–Trinajstić information content (AvgIpc) is 3.13. The number of nitrogens with zero attached hydrogens (tertiary/aromatic N) is 3. The number of aliphatic imine (C=N–C) groups is 1. The minimum atomic E-state index is -0.123. The second-order valence-electron chi connectivity index (χ2n) is 6.12. The maximum Gasteiger partial charge on any atom is 0.193 e. The van der Waals surface area contributed by atoms with Crippen molar-refractivity contribution in [3.05, 3.63) is 50.9 Å². The third-order valence-electron chi connectivity index (χ3n) is 4.19. The molecule has 1 aromatic carbocycles. The maximum absolute atomic E-state index is 6.09. The summed E-state index contributed by atoms with van der Waals surface area (Å²) in [4.78, 5) is 11.0. The number of aromatic nitrogens is 1. The lowest BCUT2D eigenvalue weighted by atomic mass is 10.1. The van der Waals surface area contributed by atoms with Gasteiger partial charge in [0.15, 0.2) is 5.96 Å². The molecule has 2 unspecified atom stereocenters. The van der Waals surface area contributed by atoms with Crippen molar-refractivity contribution in [2.45, 2.75) is 25.7 Å². The van der Waals surface area contributed by atoms with Gasteiger partial charge in [0.05, 0.1) is 18.3 Å². The third kappa shape index (κ3) is 7.14. The van der Waals surface area contributed by atoms with E-state index in [1.54, 1.807) is 32.6 Å². The second kappa shape index (κ2) is 12.6. The Bertz CT molecular complexity index is 759. The summed E-state index contributed by atoms with van der Waals surface area (Å²) in [5, 5.41) is 7.08. The zero-order valence-electron chi connectivity index (χ0n) is 16.8. The van der Waals surface area contributed by atoms with Gasteiger partial charge in [-0.15, -0.1) is 35.3 Å². The van der Waals surface area contributed by atoms with Crippen LogP contribution in [0.1, 0.15) is 35.4 Å². The highest BCUT2D eigenvalue weighted by atomic mass is 127. The van der Waals surface area contributed by atoms with Crippen LogP contribution in [0.25, 0.3) is 0 Å². The summed E-state index contributed by atoms with van der Waals surface area (Å²) in [5.41, 5.74) is 2.01. The van der Waals surface area contributed by atoms with Crippen LogP contribution in [0.2, 0.25) is 5.02 Å². The molecule has 0 bridgehead atoms. The van der Waals surface area contributed by atoms with Gasteiger partial charge in [-0.25, -0.2) is 4.98 Å². The predicted octanol–water partition coefficient (Wildman–Crippen LogP) is 4.52. The first-order chi connectivity index (χ1) is 13.0. The van der Waals surface area contributed by atoms with Gasteiger partial charge < -0.3 is 19.7 Å². The molecule has 0 saturated heterocycles. The van der Waals surface area contributed by atoms with E-state index in [-0.39, 0.29) is 36.2 Å². The minimum absolute atomic E-state index is 0. The lowest BCUT2D eigenvalue weighted by Crippen LogP contribution is -2.40. The van der Waals surface area contributed by atoms with Crippen molar-refractivity contribution in [3.8, 4) is 0 Å². The van der Waals surface area contributed by atoms with Crippen LogP contribution in [0, 0.1) is 0 Å². The van der Waals surface area contributed by atoms with E-state index in [1.807, 2.05) is 43.1 Å². The highest BCUT2D eigenvalue weighted by molar-refractivity contribution is 14.0. The van der Waals surface area contributed by atoms with Crippen LogP contribution in [0.4, 0.5) is 0 Å². The van der Waals surface area contributed by atoms with Crippen molar-refractivity contribution in [1.29, 1.82) is 0 Å². The van der Waals surface area contributed by atoms with Gasteiger partial charge in [-0.3, -0.25) is 4.99 Å². The highest BCUT2D eigenvalue weighted by Gasteiger charge is 2.15. The normalized spacial score (nSPS) is 13.6. The quantitative estimate of drug-likeness (QED) is 0.304. The Morgan fingerprint density at radius 3 is 2.71 bits per heavy atom. The van der Waals surface area contributed by atoms with Crippen LogP contribution in [-0.2, 0) is 16.0 Å². The molecule has 1 heterocycles.